The molecule has 0 saturated carbocycles. The normalized spacial score (nSPS) is 19.5. The van der Waals surface area contributed by atoms with Crippen molar-refractivity contribution < 1.29 is 4.79 Å². The van der Waals surface area contributed by atoms with Crippen LogP contribution in [-0.2, 0) is 4.79 Å². The summed E-state index contributed by atoms with van der Waals surface area (Å²) in [4.78, 5) is 11.7. The van der Waals surface area contributed by atoms with Gasteiger partial charge in [0.2, 0.25) is 5.91 Å². The van der Waals surface area contributed by atoms with Crippen LogP contribution in [0.2, 0.25) is 5.02 Å². The Kier molecular flexibility index (Phi) is 5.35. The second kappa shape index (κ2) is 7.02. The number of benzene rings is 1. The lowest BCUT2D eigenvalue weighted by Gasteiger charge is -2.22. The Labute approximate surface area is 117 Å². The summed E-state index contributed by atoms with van der Waals surface area (Å²) in [6.07, 6.45) is 2.40. The number of amides is 1. The second-order valence-corrected chi connectivity index (χ2v) is 5.94. The maximum atomic E-state index is 11.7. The van der Waals surface area contributed by atoms with Crippen LogP contribution in [0.4, 0.5) is 5.69 Å². The van der Waals surface area contributed by atoms with Crippen molar-refractivity contribution >= 4 is 35.0 Å². The third-order valence-corrected chi connectivity index (χ3v) is 4.27. The van der Waals surface area contributed by atoms with E-state index in [-0.39, 0.29) is 5.91 Å². The minimum atomic E-state index is -0.0205. The summed E-state index contributed by atoms with van der Waals surface area (Å²) in [5, 5.41) is 6.75. The summed E-state index contributed by atoms with van der Waals surface area (Å²) in [6, 6.07) is 7.66. The highest BCUT2D eigenvalue weighted by Gasteiger charge is 2.14. The summed E-state index contributed by atoms with van der Waals surface area (Å²) in [7, 11) is 0. The fourth-order valence-corrected chi connectivity index (χ4v) is 3.21. The van der Waals surface area contributed by atoms with Crippen molar-refractivity contribution in [3.63, 3.8) is 0 Å². The van der Waals surface area contributed by atoms with Crippen molar-refractivity contribution in [2.45, 2.75) is 18.9 Å². The van der Waals surface area contributed by atoms with E-state index in [1.165, 1.54) is 12.2 Å². The molecule has 1 atom stereocenters. The van der Waals surface area contributed by atoms with Crippen LogP contribution in [0.1, 0.15) is 12.8 Å². The molecule has 0 spiro atoms. The molecule has 0 aliphatic carbocycles. The molecule has 0 radical (unpaired) electrons. The fraction of sp³-hybridized carbons (Fsp3) is 0.462. The highest BCUT2D eigenvalue weighted by molar-refractivity contribution is 7.99. The molecule has 0 bridgehead atoms. The molecule has 1 aliphatic heterocycles. The van der Waals surface area contributed by atoms with Crippen molar-refractivity contribution in [3.8, 4) is 0 Å². The minimum Gasteiger partial charge on any atom is -0.325 e. The van der Waals surface area contributed by atoms with Crippen molar-refractivity contribution in [1.82, 2.24) is 5.32 Å². The van der Waals surface area contributed by atoms with E-state index < -0.39 is 0 Å². The van der Waals surface area contributed by atoms with Gasteiger partial charge in [0.05, 0.1) is 6.54 Å². The lowest BCUT2D eigenvalue weighted by molar-refractivity contribution is -0.115. The Morgan fingerprint density at radius 1 is 1.50 bits per heavy atom. The highest BCUT2D eigenvalue weighted by atomic mass is 35.5. The fourth-order valence-electron chi connectivity index (χ4n) is 1.91. The Hall–Kier alpha value is -0.710. The second-order valence-electron chi connectivity index (χ2n) is 4.35. The average molecular weight is 285 g/mol. The summed E-state index contributed by atoms with van der Waals surface area (Å²) < 4.78 is 0. The van der Waals surface area contributed by atoms with Crippen LogP contribution in [-0.4, -0.2) is 30.0 Å². The van der Waals surface area contributed by atoms with E-state index in [2.05, 4.69) is 10.6 Å². The molecule has 1 aliphatic rings. The maximum Gasteiger partial charge on any atom is 0.238 e. The van der Waals surface area contributed by atoms with Gasteiger partial charge in [-0.25, -0.2) is 0 Å². The molecule has 98 valence electrons. The van der Waals surface area contributed by atoms with Crippen LogP contribution in [0.5, 0.6) is 0 Å². The lowest BCUT2D eigenvalue weighted by Crippen LogP contribution is -2.39. The molecule has 1 amide bonds. The van der Waals surface area contributed by atoms with E-state index in [9.17, 15) is 4.79 Å². The molecular formula is C13H17ClN2OS. The summed E-state index contributed by atoms with van der Waals surface area (Å²) in [5.74, 6) is 2.32. The number of hydrogen-bond acceptors (Lipinski definition) is 3. The van der Waals surface area contributed by atoms with E-state index in [1.54, 1.807) is 12.1 Å². The molecule has 3 nitrogen and oxygen atoms in total. The minimum absolute atomic E-state index is 0.0205. The largest absolute Gasteiger partial charge is 0.325 e. The molecule has 1 fully saturated rings. The van der Waals surface area contributed by atoms with E-state index in [1.807, 2.05) is 23.9 Å². The molecule has 2 rings (SSSR count). The van der Waals surface area contributed by atoms with Crippen LogP contribution in [0.15, 0.2) is 24.3 Å². The summed E-state index contributed by atoms with van der Waals surface area (Å²) >= 11 is 7.81. The number of nitrogens with one attached hydrogen (secondary N) is 2. The number of rotatable bonds is 4. The van der Waals surface area contributed by atoms with E-state index >= 15 is 0 Å². The molecule has 1 saturated heterocycles. The molecular weight excluding hydrogens is 268 g/mol. The monoisotopic (exact) mass is 284 g/mol. The SMILES string of the molecule is O=C(CNC1CCCSC1)Nc1cccc(Cl)c1. The van der Waals surface area contributed by atoms with Crippen molar-refractivity contribution in [2.24, 2.45) is 0 Å². The number of halogens is 1. The first kappa shape index (κ1) is 13.7. The molecule has 1 heterocycles. The maximum absolute atomic E-state index is 11.7. The lowest BCUT2D eigenvalue weighted by atomic mass is 10.2. The molecule has 2 N–H and O–H groups in total. The van der Waals surface area contributed by atoms with Gasteiger partial charge in [0.15, 0.2) is 0 Å². The first-order valence-electron chi connectivity index (χ1n) is 6.10. The summed E-state index contributed by atoms with van der Waals surface area (Å²) in [5.41, 5.74) is 0.743. The molecule has 1 aromatic carbocycles. The van der Waals surface area contributed by atoms with Gasteiger partial charge < -0.3 is 10.6 Å². The zero-order valence-corrected chi connectivity index (χ0v) is 11.7. The smallest absolute Gasteiger partial charge is 0.238 e. The van der Waals surface area contributed by atoms with Gasteiger partial charge in [-0.05, 0) is 36.8 Å². The van der Waals surface area contributed by atoms with E-state index in [0.717, 1.165) is 17.9 Å². The molecule has 0 aromatic heterocycles. The number of carbonyl (C=O) groups is 1. The Morgan fingerprint density at radius 2 is 2.39 bits per heavy atom. The van der Waals surface area contributed by atoms with Crippen molar-refractivity contribution in [1.29, 1.82) is 0 Å². The van der Waals surface area contributed by atoms with Crippen LogP contribution in [0, 0.1) is 0 Å². The Balaban J connectivity index is 1.74. The number of hydrogen-bond donors (Lipinski definition) is 2. The summed E-state index contributed by atoms with van der Waals surface area (Å²) in [6.45, 7) is 0.359. The first-order valence-corrected chi connectivity index (χ1v) is 7.64. The van der Waals surface area contributed by atoms with E-state index in [0.29, 0.717) is 17.6 Å². The van der Waals surface area contributed by atoms with Crippen LogP contribution < -0.4 is 10.6 Å². The van der Waals surface area contributed by atoms with Gasteiger partial charge >= 0.3 is 0 Å². The van der Waals surface area contributed by atoms with Gasteiger partial charge in [0.1, 0.15) is 0 Å². The molecule has 1 unspecified atom stereocenters. The van der Waals surface area contributed by atoms with Crippen molar-refractivity contribution in [2.75, 3.05) is 23.4 Å². The Bertz CT molecular complexity index is 408. The average Bonchev–Trinajstić information content (AvgIpc) is 2.38. The molecule has 18 heavy (non-hydrogen) atoms. The zero-order chi connectivity index (χ0) is 12.8. The first-order chi connectivity index (χ1) is 8.74. The van der Waals surface area contributed by atoms with Gasteiger partial charge in [0.25, 0.3) is 0 Å². The van der Waals surface area contributed by atoms with Crippen molar-refractivity contribution in [3.05, 3.63) is 29.3 Å². The molecule has 1 aromatic rings. The number of anilines is 1. The third-order valence-electron chi connectivity index (χ3n) is 2.82. The quantitative estimate of drug-likeness (QED) is 0.893. The number of carbonyl (C=O) groups excluding carboxylic acids is 1. The van der Waals surface area contributed by atoms with E-state index in [4.69, 9.17) is 11.6 Å². The predicted molar refractivity (Wildman–Crippen MR) is 78.4 cm³/mol. The third kappa shape index (κ3) is 4.52. The van der Waals surface area contributed by atoms with Crippen LogP contribution >= 0.6 is 23.4 Å². The van der Waals surface area contributed by atoms with Crippen LogP contribution in [0.3, 0.4) is 0 Å². The van der Waals surface area contributed by atoms with Crippen LogP contribution in [0.25, 0.3) is 0 Å². The highest BCUT2D eigenvalue weighted by Crippen LogP contribution is 2.17. The van der Waals surface area contributed by atoms with Gasteiger partial charge in [-0.1, -0.05) is 17.7 Å². The molecule has 5 heteroatoms. The standard InChI is InChI=1S/C13H17ClN2OS/c14-10-3-1-4-11(7-10)16-13(17)8-15-12-5-2-6-18-9-12/h1,3-4,7,12,15H,2,5-6,8-9H2,(H,16,17). The Morgan fingerprint density at radius 3 is 3.11 bits per heavy atom. The van der Waals surface area contributed by atoms with Gasteiger partial charge in [-0.15, -0.1) is 0 Å². The van der Waals surface area contributed by atoms with Gasteiger partial charge in [-0.2, -0.15) is 11.8 Å². The predicted octanol–water partition coefficient (Wildman–Crippen LogP) is 2.76. The topological polar surface area (TPSA) is 41.1 Å². The number of thioether (sulfide) groups is 1. The zero-order valence-electron chi connectivity index (χ0n) is 10.1. The van der Waals surface area contributed by atoms with Gasteiger partial charge in [-0.3, -0.25) is 4.79 Å². The van der Waals surface area contributed by atoms with Gasteiger partial charge in [0, 0.05) is 22.5 Å².